The molecule has 0 amide bonds. The van der Waals surface area contributed by atoms with Crippen LogP contribution in [0.2, 0.25) is 0 Å². The highest BCUT2D eigenvalue weighted by Gasteiger charge is 2.23. The van der Waals surface area contributed by atoms with Crippen molar-refractivity contribution in [1.29, 1.82) is 0 Å². The molecular formula is C23H29N7O. The van der Waals surface area contributed by atoms with E-state index in [0.717, 1.165) is 54.9 Å². The number of piperidine rings is 1. The highest BCUT2D eigenvalue weighted by Crippen LogP contribution is 2.27. The second-order valence-electron chi connectivity index (χ2n) is 7.88. The van der Waals surface area contributed by atoms with Crippen LogP contribution < -0.4 is 27.6 Å². The molecule has 0 spiro atoms. The zero-order chi connectivity index (χ0) is 21.8. The number of hydrogen-bond donors (Lipinski definition) is 3. The van der Waals surface area contributed by atoms with Crippen molar-refractivity contribution in [3.05, 3.63) is 70.3 Å². The molecule has 2 aromatic carbocycles. The van der Waals surface area contributed by atoms with E-state index >= 15 is 0 Å². The van der Waals surface area contributed by atoms with Gasteiger partial charge in [0.25, 0.3) is 5.56 Å². The monoisotopic (exact) mass is 419 g/mol. The fourth-order valence-corrected chi connectivity index (χ4v) is 4.42. The fourth-order valence-electron chi connectivity index (χ4n) is 4.42. The lowest BCUT2D eigenvalue weighted by atomic mass is 9.95. The number of aryl methyl sites for hydroxylation is 1. The van der Waals surface area contributed by atoms with Gasteiger partial charge in [0.05, 0.1) is 10.9 Å². The second-order valence-corrected chi connectivity index (χ2v) is 7.88. The van der Waals surface area contributed by atoms with Gasteiger partial charge in [-0.3, -0.25) is 9.36 Å². The van der Waals surface area contributed by atoms with Crippen molar-refractivity contribution in [1.82, 2.24) is 15.0 Å². The smallest absolute Gasteiger partial charge is 0.261 e. The molecule has 31 heavy (non-hydrogen) atoms. The number of fused-ring (bicyclic) bond motifs is 1. The van der Waals surface area contributed by atoms with Crippen LogP contribution in [0.25, 0.3) is 10.9 Å². The van der Waals surface area contributed by atoms with E-state index in [-0.39, 0.29) is 5.56 Å². The van der Waals surface area contributed by atoms with Crippen LogP contribution in [-0.4, -0.2) is 28.5 Å². The number of rotatable bonds is 5. The molecule has 0 atom stereocenters. The Morgan fingerprint density at radius 2 is 1.87 bits per heavy atom. The van der Waals surface area contributed by atoms with Crippen LogP contribution in [0, 0.1) is 5.92 Å². The van der Waals surface area contributed by atoms with E-state index in [4.69, 9.17) is 16.7 Å². The van der Waals surface area contributed by atoms with Crippen molar-refractivity contribution in [3.63, 3.8) is 0 Å². The third-order valence-electron chi connectivity index (χ3n) is 6.08. The molecular weight excluding hydrogens is 390 g/mol. The molecule has 2 heterocycles. The first-order valence-corrected chi connectivity index (χ1v) is 10.7. The zero-order valence-electron chi connectivity index (χ0n) is 17.8. The number of hydrogen-bond acceptors (Lipinski definition) is 6. The van der Waals surface area contributed by atoms with E-state index in [1.54, 1.807) is 0 Å². The molecule has 0 aliphatic carbocycles. The molecule has 1 fully saturated rings. The summed E-state index contributed by atoms with van der Waals surface area (Å²) in [6.07, 6.45) is 2.71. The SMILES string of the molecule is CCc1nc2ccccc2c(=O)n1CC1CCN(c2ccccc2/C(=N/N)NN)CC1. The van der Waals surface area contributed by atoms with Crippen LogP contribution >= 0.6 is 0 Å². The molecule has 8 nitrogen and oxygen atoms in total. The van der Waals surface area contributed by atoms with Gasteiger partial charge in [-0.25, -0.2) is 10.8 Å². The van der Waals surface area contributed by atoms with Crippen LogP contribution in [0.5, 0.6) is 0 Å². The van der Waals surface area contributed by atoms with E-state index in [0.29, 0.717) is 23.7 Å². The van der Waals surface area contributed by atoms with Crippen LogP contribution in [0.1, 0.15) is 31.2 Å². The third-order valence-corrected chi connectivity index (χ3v) is 6.08. The van der Waals surface area contributed by atoms with Crippen molar-refractivity contribution in [2.45, 2.75) is 32.7 Å². The van der Waals surface area contributed by atoms with Crippen LogP contribution in [0.15, 0.2) is 58.4 Å². The van der Waals surface area contributed by atoms with Gasteiger partial charge in [0.15, 0.2) is 5.84 Å². The molecule has 0 radical (unpaired) electrons. The average molecular weight is 420 g/mol. The standard InChI is InChI=1S/C23H29N7O/c1-2-21-26-19-9-5-3-7-17(19)23(31)30(21)15-16-11-13-29(14-12-16)20-10-6-4-8-18(20)22(27-24)28-25/h3-10,16H,2,11-15,24-25H2,1H3,(H,27,28). The topological polar surface area (TPSA) is 115 Å². The van der Waals surface area contributed by atoms with Gasteiger partial charge in [0.1, 0.15) is 5.82 Å². The molecule has 0 unspecified atom stereocenters. The first-order valence-electron chi connectivity index (χ1n) is 10.7. The number of nitrogens with one attached hydrogen (secondary N) is 1. The van der Waals surface area contributed by atoms with Gasteiger partial charge in [0.2, 0.25) is 0 Å². The summed E-state index contributed by atoms with van der Waals surface area (Å²) in [5.74, 6) is 12.8. The molecule has 8 heteroatoms. The second kappa shape index (κ2) is 9.18. The Kier molecular flexibility index (Phi) is 6.18. The van der Waals surface area contributed by atoms with E-state index in [1.807, 2.05) is 47.0 Å². The first-order chi connectivity index (χ1) is 15.2. The summed E-state index contributed by atoms with van der Waals surface area (Å²) < 4.78 is 1.88. The molecule has 0 bridgehead atoms. The minimum atomic E-state index is 0.0630. The Bertz CT molecular complexity index is 1150. The Balaban J connectivity index is 1.53. The molecule has 3 aromatic rings. The third kappa shape index (κ3) is 4.11. The van der Waals surface area contributed by atoms with Gasteiger partial charge < -0.3 is 16.2 Å². The Morgan fingerprint density at radius 1 is 1.16 bits per heavy atom. The maximum Gasteiger partial charge on any atom is 0.261 e. The van der Waals surface area contributed by atoms with Crippen molar-refractivity contribution < 1.29 is 0 Å². The van der Waals surface area contributed by atoms with Gasteiger partial charge in [0, 0.05) is 37.3 Å². The number of aromatic nitrogens is 2. The van der Waals surface area contributed by atoms with Gasteiger partial charge in [-0.2, -0.15) is 5.10 Å². The predicted octanol–water partition coefficient (Wildman–Crippen LogP) is 1.96. The Labute approximate surface area is 181 Å². The summed E-state index contributed by atoms with van der Waals surface area (Å²) in [5.41, 5.74) is 5.36. The number of amidine groups is 1. The number of hydrazine groups is 1. The number of para-hydroxylation sites is 2. The van der Waals surface area contributed by atoms with Crippen LogP contribution in [0.3, 0.4) is 0 Å². The van der Waals surface area contributed by atoms with Crippen molar-refractivity contribution in [3.8, 4) is 0 Å². The number of anilines is 1. The number of nitrogens with two attached hydrogens (primary N) is 2. The van der Waals surface area contributed by atoms with Crippen LogP contribution in [-0.2, 0) is 13.0 Å². The number of hydrazone groups is 1. The van der Waals surface area contributed by atoms with E-state index in [2.05, 4.69) is 28.4 Å². The molecule has 1 aliphatic heterocycles. The molecule has 1 aromatic heterocycles. The first kappa shape index (κ1) is 20.9. The summed E-state index contributed by atoms with van der Waals surface area (Å²) in [4.78, 5) is 20.2. The summed E-state index contributed by atoms with van der Waals surface area (Å²) in [5, 5.41) is 4.45. The summed E-state index contributed by atoms with van der Waals surface area (Å²) in [7, 11) is 0. The highest BCUT2D eigenvalue weighted by molar-refractivity contribution is 6.03. The normalized spacial score (nSPS) is 15.4. The minimum Gasteiger partial charge on any atom is -0.371 e. The lowest BCUT2D eigenvalue weighted by Crippen LogP contribution is -2.39. The molecule has 1 aliphatic rings. The molecule has 162 valence electrons. The maximum atomic E-state index is 13.1. The van der Waals surface area contributed by atoms with Crippen molar-refractivity contribution >= 4 is 22.4 Å². The van der Waals surface area contributed by atoms with Crippen molar-refractivity contribution in [2.24, 2.45) is 22.7 Å². The zero-order valence-corrected chi connectivity index (χ0v) is 17.8. The Morgan fingerprint density at radius 3 is 2.58 bits per heavy atom. The lowest BCUT2D eigenvalue weighted by Gasteiger charge is -2.35. The molecule has 0 saturated carbocycles. The predicted molar refractivity (Wildman–Crippen MR) is 125 cm³/mol. The highest BCUT2D eigenvalue weighted by atomic mass is 16.1. The minimum absolute atomic E-state index is 0.0630. The Hall–Kier alpha value is -3.39. The molecule has 1 saturated heterocycles. The van der Waals surface area contributed by atoms with Gasteiger partial charge >= 0.3 is 0 Å². The largest absolute Gasteiger partial charge is 0.371 e. The molecule has 5 N–H and O–H groups in total. The van der Waals surface area contributed by atoms with Gasteiger partial charge in [-0.15, -0.1) is 0 Å². The quantitative estimate of drug-likeness (QED) is 0.252. The molecule has 4 rings (SSSR count). The fraction of sp³-hybridized carbons (Fsp3) is 0.348. The van der Waals surface area contributed by atoms with Crippen LogP contribution in [0.4, 0.5) is 5.69 Å². The van der Waals surface area contributed by atoms with E-state index in [9.17, 15) is 4.79 Å². The average Bonchev–Trinajstić information content (AvgIpc) is 2.82. The van der Waals surface area contributed by atoms with Gasteiger partial charge in [-0.1, -0.05) is 31.2 Å². The maximum absolute atomic E-state index is 13.1. The van der Waals surface area contributed by atoms with E-state index in [1.165, 1.54) is 0 Å². The summed E-state index contributed by atoms with van der Waals surface area (Å²) in [6.45, 7) is 4.53. The van der Waals surface area contributed by atoms with Crippen molar-refractivity contribution in [2.75, 3.05) is 18.0 Å². The summed E-state index contributed by atoms with van der Waals surface area (Å²) >= 11 is 0. The van der Waals surface area contributed by atoms with Gasteiger partial charge in [-0.05, 0) is 43.0 Å². The number of benzene rings is 2. The summed E-state index contributed by atoms with van der Waals surface area (Å²) in [6, 6.07) is 15.6. The van der Waals surface area contributed by atoms with E-state index < -0.39 is 0 Å². The number of nitrogens with zero attached hydrogens (tertiary/aromatic N) is 4. The lowest BCUT2D eigenvalue weighted by molar-refractivity contribution is 0.347.